The zero-order chi connectivity index (χ0) is 30.4. The van der Waals surface area contributed by atoms with Crippen molar-refractivity contribution in [2.75, 3.05) is 0 Å². The van der Waals surface area contributed by atoms with Gasteiger partial charge in [0.1, 0.15) is 0 Å². The number of carbonyl (C=O) groups is 5. The van der Waals surface area contributed by atoms with E-state index >= 15 is 0 Å². The van der Waals surface area contributed by atoms with Gasteiger partial charge in [-0.15, -0.1) is 0 Å². The van der Waals surface area contributed by atoms with Crippen molar-refractivity contribution in [1.82, 2.24) is 0 Å². The summed E-state index contributed by atoms with van der Waals surface area (Å²) in [6, 6.07) is 0. The first kappa shape index (κ1) is 52.6. The Labute approximate surface area is 267 Å². The minimum atomic E-state index is -0.757. The van der Waals surface area contributed by atoms with E-state index in [2.05, 4.69) is 0 Å². The van der Waals surface area contributed by atoms with Crippen LogP contribution in [-0.4, -0.2) is 55.4 Å². The Morgan fingerprint density at radius 1 is 0.324 bits per heavy atom. The summed E-state index contributed by atoms with van der Waals surface area (Å²) in [5, 5.41) is 41.2. The maximum atomic E-state index is 10.0. The Hall–Kier alpha value is -0.754. The van der Waals surface area contributed by atoms with Crippen LogP contribution in [-0.2, 0) is 41.0 Å². The summed E-state index contributed by atoms with van der Waals surface area (Å²) in [5.74, 6) is -3.78. The van der Waals surface area contributed by atoms with E-state index < -0.39 is 56.9 Å². The van der Waals surface area contributed by atoms with Gasteiger partial charge < -0.3 is 25.5 Å². The van der Waals surface area contributed by atoms with E-state index in [1.54, 1.807) is 104 Å². The molecule has 5 N–H and O–H groups in total. The van der Waals surface area contributed by atoms with Crippen LogP contribution in [0.25, 0.3) is 0 Å². The number of hydrogen-bond donors (Lipinski definition) is 5. The third-order valence-corrected chi connectivity index (χ3v) is 3.21. The molecule has 0 aliphatic heterocycles. The first-order valence-corrected chi connectivity index (χ1v) is 10.9. The molecule has 0 rings (SSSR count). The molecule has 0 spiro atoms. The molecule has 10 nitrogen and oxygen atoms in total. The van der Waals surface area contributed by atoms with Crippen LogP contribution in [0, 0.1) is 68.8 Å². The summed E-state index contributed by atoms with van der Waals surface area (Å²) in [5.41, 5.74) is -2.92. The normalized spacial score (nSPS) is 10.7. The zero-order valence-corrected chi connectivity index (χ0v) is 29.5. The molecular formula is C25H50CeMnO10. The van der Waals surface area contributed by atoms with Crippen LogP contribution in [0.15, 0.2) is 0 Å². The van der Waals surface area contributed by atoms with E-state index in [0.29, 0.717) is 0 Å². The predicted octanol–water partition coefficient (Wildman–Crippen LogP) is 5.58. The number of rotatable bonds is 0. The van der Waals surface area contributed by atoms with Crippen molar-refractivity contribution >= 4 is 29.8 Å². The minimum Gasteiger partial charge on any atom is -0.481 e. The molecule has 12 heteroatoms. The molecule has 0 amide bonds. The van der Waals surface area contributed by atoms with Crippen LogP contribution in [0.1, 0.15) is 104 Å². The summed E-state index contributed by atoms with van der Waals surface area (Å²) >= 11 is 0. The first-order valence-electron chi connectivity index (χ1n) is 10.9. The van der Waals surface area contributed by atoms with E-state index in [4.69, 9.17) is 25.5 Å². The standard InChI is InChI=1S/5C5H10O2.Ce.Mn/c5*1-5(2,3)4(6)7;;/h5*1-3H3,(H,6,7);;. The van der Waals surface area contributed by atoms with Gasteiger partial charge in [-0.3, -0.25) is 24.0 Å². The summed E-state index contributed by atoms with van der Waals surface area (Å²) in [7, 11) is 0. The molecule has 0 aliphatic carbocycles. The van der Waals surface area contributed by atoms with Crippen LogP contribution in [0.3, 0.4) is 0 Å². The van der Waals surface area contributed by atoms with Gasteiger partial charge in [0.15, 0.2) is 0 Å². The molecule has 221 valence electrons. The molecule has 0 aliphatic rings. The molecule has 0 aromatic carbocycles. The second-order valence-corrected chi connectivity index (χ2v) is 12.8. The monoisotopic (exact) mass is 705 g/mol. The third-order valence-electron chi connectivity index (χ3n) is 3.21. The third kappa shape index (κ3) is 45.5. The molecule has 0 unspecified atom stereocenters. The van der Waals surface area contributed by atoms with Crippen molar-refractivity contribution in [1.29, 1.82) is 0 Å². The molecule has 0 heterocycles. The van der Waals surface area contributed by atoms with Crippen LogP contribution in [0.5, 0.6) is 0 Å². The summed E-state index contributed by atoms with van der Waals surface area (Å²) in [6.45, 7) is 24.9. The van der Waals surface area contributed by atoms with E-state index in [0.717, 1.165) is 0 Å². The summed E-state index contributed by atoms with van der Waals surface area (Å²) in [4.78, 5) is 50.1. The van der Waals surface area contributed by atoms with Gasteiger partial charge in [-0.1, -0.05) is 0 Å². The molecule has 0 saturated heterocycles. The van der Waals surface area contributed by atoms with Gasteiger partial charge in [0.2, 0.25) is 0 Å². The van der Waals surface area contributed by atoms with Crippen LogP contribution in [0.2, 0.25) is 0 Å². The fourth-order valence-electron chi connectivity index (χ4n) is 0. The van der Waals surface area contributed by atoms with E-state index in [1.165, 1.54) is 0 Å². The molecule has 0 aromatic heterocycles. The van der Waals surface area contributed by atoms with Crippen molar-refractivity contribution in [3.8, 4) is 0 Å². The second kappa shape index (κ2) is 21.1. The van der Waals surface area contributed by atoms with Gasteiger partial charge in [-0.05, 0) is 104 Å². The van der Waals surface area contributed by atoms with E-state index in [-0.39, 0.29) is 58.8 Å². The Balaban J connectivity index is -0.0000000600. The SMILES string of the molecule is CC(C)(C)C(=O)O.CC(C)(C)C(=O)O.CC(C)(C)C(=O)O.CC(C)(C)C(=O)O.CC(C)(C)C(=O)O.[Ce].[Mn]. The van der Waals surface area contributed by atoms with Crippen molar-refractivity contribution in [3.63, 3.8) is 0 Å². The van der Waals surface area contributed by atoms with Crippen molar-refractivity contribution < 1.29 is 108 Å². The fraction of sp³-hybridized carbons (Fsp3) is 0.800. The topological polar surface area (TPSA) is 186 Å². The van der Waals surface area contributed by atoms with E-state index in [9.17, 15) is 24.0 Å². The largest absolute Gasteiger partial charge is 0.481 e. The Bertz CT molecular complexity index is 545. The first-order chi connectivity index (χ1) is 14.7. The Morgan fingerprint density at radius 3 is 0.351 bits per heavy atom. The van der Waals surface area contributed by atoms with Gasteiger partial charge in [0, 0.05) is 58.8 Å². The van der Waals surface area contributed by atoms with Crippen LogP contribution < -0.4 is 0 Å². The maximum Gasteiger partial charge on any atom is 0.308 e. The number of hydrogen-bond acceptors (Lipinski definition) is 5. The average molecular weight is 706 g/mol. The molecule has 37 heavy (non-hydrogen) atoms. The Kier molecular flexibility index (Phi) is 30.0. The fourth-order valence-corrected chi connectivity index (χ4v) is 0. The number of carboxylic acids is 5. The van der Waals surface area contributed by atoms with Gasteiger partial charge in [-0.25, -0.2) is 0 Å². The molecule has 0 aromatic rings. The van der Waals surface area contributed by atoms with Crippen molar-refractivity contribution in [3.05, 3.63) is 0 Å². The van der Waals surface area contributed by atoms with Gasteiger partial charge in [0.05, 0.1) is 27.1 Å². The minimum absolute atomic E-state index is 0. The quantitative estimate of drug-likeness (QED) is 0.199. The van der Waals surface area contributed by atoms with Crippen LogP contribution in [0.4, 0.5) is 0 Å². The summed E-state index contributed by atoms with van der Waals surface area (Å²) in [6.07, 6.45) is 0. The van der Waals surface area contributed by atoms with Crippen molar-refractivity contribution in [2.45, 2.75) is 104 Å². The Morgan fingerprint density at radius 2 is 0.351 bits per heavy atom. The molecule has 0 saturated carbocycles. The molecular weight excluding hydrogens is 655 g/mol. The van der Waals surface area contributed by atoms with Gasteiger partial charge in [-0.2, -0.15) is 0 Å². The zero-order valence-electron chi connectivity index (χ0n) is 25.2. The molecule has 0 atom stereocenters. The summed E-state index contributed by atoms with van der Waals surface area (Å²) < 4.78 is 0. The molecule has 0 fully saturated rings. The van der Waals surface area contributed by atoms with Gasteiger partial charge >= 0.3 is 29.8 Å². The number of aliphatic carboxylic acids is 5. The average Bonchev–Trinajstić information content (AvgIpc) is 2.52. The second-order valence-electron chi connectivity index (χ2n) is 12.8. The molecule has 1 radical (unpaired) electrons. The number of carboxylic acid groups (broad SMARTS) is 5. The van der Waals surface area contributed by atoms with Crippen molar-refractivity contribution in [2.24, 2.45) is 27.1 Å². The van der Waals surface area contributed by atoms with Gasteiger partial charge in [0.25, 0.3) is 0 Å². The predicted molar refractivity (Wildman–Crippen MR) is 135 cm³/mol. The molecule has 0 bridgehead atoms. The smallest absolute Gasteiger partial charge is 0.308 e. The van der Waals surface area contributed by atoms with Crippen LogP contribution >= 0.6 is 0 Å². The van der Waals surface area contributed by atoms with E-state index in [1.807, 2.05) is 0 Å². The maximum absolute atomic E-state index is 10.0.